The second kappa shape index (κ2) is 8.59. The van der Waals surface area contributed by atoms with Gasteiger partial charge in [0.25, 0.3) is 0 Å². The van der Waals surface area contributed by atoms with Gasteiger partial charge in [-0.05, 0) is 24.1 Å². The molecule has 0 amide bonds. The highest BCUT2D eigenvalue weighted by atomic mass is 16.5. The number of esters is 1. The molecule has 0 aliphatic rings. The molecule has 0 aliphatic carbocycles. The van der Waals surface area contributed by atoms with Crippen molar-refractivity contribution in [3.63, 3.8) is 0 Å². The second-order valence-corrected chi connectivity index (χ2v) is 5.10. The van der Waals surface area contributed by atoms with Gasteiger partial charge in [0.1, 0.15) is 18.4 Å². The van der Waals surface area contributed by atoms with Gasteiger partial charge in [-0.3, -0.25) is 10.1 Å². The number of methoxy groups -OCH3 is 1. The van der Waals surface area contributed by atoms with E-state index in [1.54, 1.807) is 0 Å². The van der Waals surface area contributed by atoms with E-state index in [9.17, 15) is 4.79 Å². The first-order valence-electron chi connectivity index (χ1n) is 7.12. The maximum absolute atomic E-state index is 11.6. The number of hydrogen-bond acceptors (Lipinski definition) is 4. The lowest BCUT2D eigenvalue weighted by Crippen LogP contribution is -2.45. The van der Waals surface area contributed by atoms with E-state index < -0.39 is 6.04 Å². The minimum absolute atomic E-state index is 0.189. The standard InChI is InChI=1S/C16H25NO3/c1-5-6-13-7-9-14(10-8-13)20-11-15(16(18)19-4)17-12(2)3/h7-10,12,15,17H,5-6,11H2,1-4H3. The van der Waals surface area contributed by atoms with Crippen molar-refractivity contribution >= 4 is 5.97 Å². The molecule has 0 spiro atoms. The predicted molar refractivity (Wildman–Crippen MR) is 80.0 cm³/mol. The summed E-state index contributed by atoms with van der Waals surface area (Å²) in [4.78, 5) is 11.6. The summed E-state index contributed by atoms with van der Waals surface area (Å²) in [5, 5.41) is 3.13. The molecule has 20 heavy (non-hydrogen) atoms. The van der Waals surface area contributed by atoms with Gasteiger partial charge >= 0.3 is 5.97 Å². The van der Waals surface area contributed by atoms with E-state index in [-0.39, 0.29) is 18.6 Å². The molecule has 1 N–H and O–H groups in total. The summed E-state index contributed by atoms with van der Waals surface area (Å²) in [6.07, 6.45) is 2.20. The van der Waals surface area contributed by atoms with E-state index in [4.69, 9.17) is 9.47 Å². The summed E-state index contributed by atoms with van der Waals surface area (Å²) in [7, 11) is 1.39. The quantitative estimate of drug-likeness (QED) is 0.743. The molecule has 0 aliphatic heterocycles. The molecule has 1 rings (SSSR count). The van der Waals surface area contributed by atoms with Crippen LogP contribution in [0.4, 0.5) is 0 Å². The molecule has 4 heteroatoms. The maximum Gasteiger partial charge on any atom is 0.326 e. The van der Waals surface area contributed by atoms with Crippen LogP contribution in [-0.4, -0.2) is 31.8 Å². The van der Waals surface area contributed by atoms with Gasteiger partial charge in [-0.1, -0.05) is 39.3 Å². The van der Waals surface area contributed by atoms with Crippen molar-refractivity contribution in [2.24, 2.45) is 0 Å². The van der Waals surface area contributed by atoms with Gasteiger partial charge in [-0.25, -0.2) is 0 Å². The van der Waals surface area contributed by atoms with Crippen molar-refractivity contribution in [3.05, 3.63) is 29.8 Å². The van der Waals surface area contributed by atoms with Crippen LogP contribution in [0.2, 0.25) is 0 Å². The minimum atomic E-state index is -0.449. The molecule has 0 aromatic heterocycles. The first-order chi connectivity index (χ1) is 9.56. The topological polar surface area (TPSA) is 47.6 Å². The molecular formula is C16H25NO3. The zero-order valence-electron chi connectivity index (χ0n) is 12.8. The molecule has 1 aromatic carbocycles. The molecule has 112 valence electrons. The van der Waals surface area contributed by atoms with E-state index in [2.05, 4.69) is 24.4 Å². The molecular weight excluding hydrogens is 254 g/mol. The van der Waals surface area contributed by atoms with E-state index in [0.717, 1.165) is 18.6 Å². The predicted octanol–water partition coefficient (Wildman–Crippen LogP) is 2.56. The third kappa shape index (κ3) is 5.61. The number of aryl methyl sites for hydroxylation is 1. The number of hydrogen-bond donors (Lipinski definition) is 1. The Bertz CT molecular complexity index is 401. The monoisotopic (exact) mass is 279 g/mol. The highest BCUT2D eigenvalue weighted by Gasteiger charge is 2.20. The van der Waals surface area contributed by atoms with Crippen LogP contribution in [0, 0.1) is 0 Å². The normalized spacial score (nSPS) is 12.2. The van der Waals surface area contributed by atoms with Crippen molar-refractivity contribution < 1.29 is 14.3 Å². The van der Waals surface area contributed by atoms with Crippen LogP contribution in [0.1, 0.15) is 32.8 Å². The van der Waals surface area contributed by atoms with Crippen LogP contribution in [0.5, 0.6) is 5.75 Å². The van der Waals surface area contributed by atoms with Crippen molar-refractivity contribution in [1.29, 1.82) is 0 Å². The molecule has 0 saturated heterocycles. The van der Waals surface area contributed by atoms with E-state index in [1.807, 2.05) is 26.0 Å². The van der Waals surface area contributed by atoms with Crippen molar-refractivity contribution in [1.82, 2.24) is 5.32 Å². The van der Waals surface area contributed by atoms with Gasteiger partial charge in [-0.15, -0.1) is 0 Å². The van der Waals surface area contributed by atoms with Crippen molar-refractivity contribution in [3.8, 4) is 5.75 Å². The fraction of sp³-hybridized carbons (Fsp3) is 0.562. The molecule has 1 atom stereocenters. The maximum atomic E-state index is 11.6. The fourth-order valence-corrected chi connectivity index (χ4v) is 1.95. The fourth-order valence-electron chi connectivity index (χ4n) is 1.95. The van der Waals surface area contributed by atoms with Crippen LogP contribution in [0.15, 0.2) is 24.3 Å². The van der Waals surface area contributed by atoms with Crippen molar-refractivity contribution in [2.75, 3.05) is 13.7 Å². The lowest BCUT2D eigenvalue weighted by Gasteiger charge is -2.19. The Morgan fingerprint density at radius 1 is 1.25 bits per heavy atom. The molecule has 1 aromatic rings. The Hall–Kier alpha value is -1.55. The minimum Gasteiger partial charge on any atom is -0.491 e. The zero-order chi connectivity index (χ0) is 15.0. The summed E-state index contributed by atoms with van der Waals surface area (Å²) in [5.74, 6) is 0.464. The molecule has 4 nitrogen and oxygen atoms in total. The Morgan fingerprint density at radius 3 is 2.40 bits per heavy atom. The third-order valence-corrected chi connectivity index (χ3v) is 2.90. The number of ether oxygens (including phenoxy) is 2. The largest absolute Gasteiger partial charge is 0.491 e. The lowest BCUT2D eigenvalue weighted by atomic mass is 10.1. The lowest BCUT2D eigenvalue weighted by molar-refractivity contribution is -0.144. The number of benzene rings is 1. The molecule has 0 saturated carbocycles. The Kier molecular flexibility index (Phi) is 7.09. The number of nitrogens with one attached hydrogen (secondary N) is 1. The molecule has 0 radical (unpaired) electrons. The van der Waals surface area contributed by atoms with Gasteiger partial charge in [0.2, 0.25) is 0 Å². The summed E-state index contributed by atoms with van der Waals surface area (Å²) >= 11 is 0. The molecule has 0 heterocycles. The average molecular weight is 279 g/mol. The van der Waals surface area contributed by atoms with Gasteiger partial charge in [0.05, 0.1) is 7.11 Å². The Balaban J connectivity index is 2.55. The van der Waals surface area contributed by atoms with Gasteiger partial charge in [-0.2, -0.15) is 0 Å². The van der Waals surface area contributed by atoms with Crippen molar-refractivity contribution in [2.45, 2.75) is 45.7 Å². The summed E-state index contributed by atoms with van der Waals surface area (Å²) < 4.78 is 10.4. The smallest absolute Gasteiger partial charge is 0.326 e. The molecule has 0 bridgehead atoms. The van der Waals surface area contributed by atoms with Crippen LogP contribution in [0.25, 0.3) is 0 Å². The SMILES string of the molecule is CCCc1ccc(OCC(NC(C)C)C(=O)OC)cc1. The first kappa shape index (κ1) is 16.5. The second-order valence-electron chi connectivity index (χ2n) is 5.10. The van der Waals surface area contributed by atoms with E-state index >= 15 is 0 Å². The van der Waals surface area contributed by atoms with Gasteiger partial charge in [0.15, 0.2) is 0 Å². The highest BCUT2D eigenvalue weighted by molar-refractivity contribution is 5.75. The molecule has 0 fully saturated rings. The Labute approximate surface area is 121 Å². The van der Waals surface area contributed by atoms with E-state index in [1.165, 1.54) is 12.7 Å². The summed E-state index contributed by atoms with van der Waals surface area (Å²) in [6, 6.07) is 7.73. The first-order valence-corrected chi connectivity index (χ1v) is 7.12. The summed E-state index contributed by atoms with van der Waals surface area (Å²) in [5.41, 5.74) is 1.30. The highest BCUT2D eigenvalue weighted by Crippen LogP contribution is 2.13. The number of carbonyl (C=O) groups is 1. The molecule has 1 unspecified atom stereocenters. The van der Waals surface area contributed by atoms with Crippen LogP contribution < -0.4 is 10.1 Å². The number of carbonyl (C=O) groups excluding carboxylic acids is 1. The zero-order valence-corrected chi connectivity index (χ0v) is 12.8. The van der Waals surface area contributed by atoms with E-state index in [0.29, 0.717) is 0 Å². The summed E-state index contributed by atoms with van der Waals surface area (Å²) in [6.45, 7) is 6.38. The van der Waals surface area contributed by atoms with Crippen LogP contribution >= 0.6 is 0 Å². The van der Waals surface area contributed by atoms with Crippen LogP contribution in [-0.2, 0) is 16.0 Å². The average Bonchev–Trinajstić information content (AvgIpc) is 2.44. The number of rotatable bonds is 8. The van der Waals surface area contributed by atoms with Gasteiger partial charge < -0.3 is 9.47 Å². The van der Waals surface area contributed by atoms with Crippen LogP contribution in [0.3, 0.4) is 0 Å². The third-order valence-electron chi connectivity index (χ3n) is 2.90. The van der Waals surface area contributed by atoms with Gasteiger partial charge in [0, 0.05) is 6.04 Å². The Morgan fingerprint density at radius 2 is 1.90 bits per heavy atom.